The lowest BCUT2D eigenvalue weighted by atomic mass is 9.79. The molecule has 1 N–H and O–H groups in total. The van der Waals surface area contributed by atoms with Gasteiger partial charge in [-0.15, -0.1) is 0 Å². The molecule has 0 spiro atoms. The van der Waals surface area contributed by atoms with E-state index in [4.69, 9.17) is 4.74 Å². The summed E-state index contributed by atoms with van der Waals surface area (Å²) < 4.78 is 34.0. The second-order valence-corrected chi connectivity index (χ2v) is 8.81. The maximum atomic E-state index is 12.8. The monoisotopic (exact) mass is 357 g/mol. The van der Waals surface area contributed by atoms with Crippen molar-refractivity contribution < 1.29 is 13.2 Å². The number of hydrogen-bond donors (Lipinski definition) is 1. The summed E-state index contributed by atoms with van der Waals surface area (Å²) in [4.78, 5) is 0.331. The van der Waals surface area contributed by atoms with Crippen molar-refractivity contribution in [1.82, 2.24) is 4.72 Å². The first-order valence-corrected chi connectivity index (χ1v) is 10.4. The first-order chi connectivity index (χ1) is 12.1. The molecule has 0 unspecified atom stereocenters. The summed E-state index contributed by atoms with van der Waals surface area (Å²) >= 11 is 0. The Morgan fingerprint density at radius 3 is 2.56 bits per heavy atom. The number of ether oxygens (including phenoxy) is 1. The Labute approximate surface area is 149 Å². The molecule has 0 amide bonds. The van der Waals surface area contributed by atoms with Crippen molar-refractivity contribution in [2.75, 3.05) is 13.2 Å². The minimum atomic E-state index is -3.52. The zero-order valence-corrected chi connectivity index (χ0v) is 15.0. The second-order valence-electron chi connectivity index (χ2n) is 7.05. The second kappa shape index (κ2) is 6.46. The largest absolute Gasteiger partial charge is 0.493 e. The quantitative estimate of drug-likeness (QED) is 0.892. The average molecular weight is 357 g/mol. The molecule has 1 fully saturated rings. The Bertz CT molecular complexity index is 856. The lowest BCUT2D eigenvalue weighted by Gasteiger charge is -2.30. The molecule has 1 heterocycles. The van der Waals surface area contributed by atoms with Crippen molar-refractivity contribution in [3.05, 3.63) is 59.7 Å². The van der Waals surface area contributed by atoms with E-state index in [0.29, 0.717) is 18.0 Å². The van der Waals surface area contributed by atoms with E-state index in [1.54, 1.807) is 18.2 Å². The zero-order valence-electron chi connectivity index (χ0n) is 14.2. The van der Waals surface area contributed by atoms with Crippen LogP contribution < -0.4 is 9.46 Å². The fraction of sp³-hybridized carbons (Fsp3) is 0.400. The number of nitrogens with one attached hydrogen (secondary N) is 1. The molecular formula is C20H23NO3S. The normalized spacial score (nSPS) is 18.7. The third-order valence-electron chi connectivity index (χ3n) is 5.52. The molecule has 4 rings (SSSR count). The standard InChI is InChI=1S/C20H23NO3S/c22-25(23,18-8-9-19-16(14-18)10-13-24-19)21-15-20(11-4-5-12-20)17-6-2-1-3-7-17/h1-3,6-9,14,21H,4-5,10-13,15H2. The topological polar surface area (TPSA) is 55.4 Å². The molecular weight excluding hydrogens is 334 g/mol. The van der Waals surface area contributed by atoms with Gasteiger partial charge < -0.3 is 4.74 Å². The van der Waals surface area contributed by atoms with E-state index in [0.717, 1.165) is 43.4 Å². The van der Waals surface area contributed by atoms with Crippen LogP contribution in [0.25, 0.3) is 0 Å². The Morgan fingerprint density at radius 2 is 1.80 bits per heavy atom. The molecule has 0 atom stereocenters. The first kappa shape index (κ1) is 16.6. The molecule has 0 saturated heterocycles. The molecule has 0 radical (unpaired) electrons. The predicted molar refractivity (Wildman–Crippen MR) is 97.4 cm³/mol. The first-order valence-electron chi connectivity index (χ1n) is 8.90. The summed E-state index contributed by atoms with van der Waals surface area (Å²) in [5, 5.41) is 0. The maximum absolute atomic E-state index is 12.8. The summed E-state index contributed by atoms with van der Waals surface area (Å²) in [5.74, 6) is 0.801. The van der Waals surface area contributed by atoms with Crippen LogP contribution in [-0.4, -0.2) is 21.6 Å². The van der Waals surface area contributed by atoms with Crippen molar-refractivity contribution in [1.29, 1.82) is 0 Å². The highest BCUT2D eigenvalue weighted by Gasteiger charge is 2.36. The lowest BCUT2D eigenvalue weighted by molar-refractivity contribution is 0.356. The van der Waals surface area contributed by atoms with E-state index in [-0.39, 0.29) is 5.41 Å². The maximum Gasteiger partial charge on any atom is 0.240 e. The summed E-state index contributed by atoms with van der Waals surface area (Å²) in [6.45, 7) is 1.08. The highest BCUT2D eigenvalue weighted by atomic mass is 32.2. The number of fused-ring (bicyclic) bond motifs is 1. The van der Waals surface area contributed by atoms with Gasteiger partial charge in [0, 0.05) is 18.4 Å². The van der Waals surface area contributed by atoms with Crippen LogP contribution in [0.15, 0.2) is 53.4 Å². The molecule has 0 aromatic heterocycles. The van der Waals surface area contributed by atoms with Gasteiger partial charge in [0.1, 0.15) is 5.75 Å². The van der Waals surface area contributed by atoms with Crippen LogP contribution in [-0.2, 0) is 21.9 Å². The highest BCUT2D eigenvalue weighted by molar-refractivity contribution is 7.89. The lowest BCUT2D eigenvalue weighted by Crippen LogP contribution is -2.39. The molecule has 4 nitrogen and oxygen atoms in total. The molecule has 1 saturated carbocycles. The van der Waals surface area contributed by atoms with Gasteiger partial charge in [-0.1, -0.05) is 43.2 Å². The summed E-state index contributed by atoms with van der Waals surface area (Å²) in [6.07, 6.45) is 5.11. The fourth-order valence-corrected chi connectivity index (χ4v) is 5.24. The summed E-state index contributed by atoms with van der Waals surface area (Å²) in [5.41, 5.74) is 2.12. The van der Waals surface area contributed by atoms with Crippen LogP contribution in [0.5, 0.6) is 5.75 Å². The zero-order chi connectivity index (χ0) is 17.3. The molecule has 132 valence electrons. The van der Waals surface area contributed by atoms with Gasteiger partial charge >= 0.3 is 0 Å². The molecule has 2 aliphatic rings. The van der Waals surface area contributed by atoms with E-state index in [2.05, 4.69) is 16.9 Å². The predicted octanol–water partition coefficient (Wildman–Crippen LogP) is 3.41. The molecule has 5 heteroatoms. The van der Waals surface area contributed by atoms with Gasteiger partial charge in [-0.2, -0.15) is 0 Å². The summed E-state index contributed by atoms with van der Waals surface area (Å²) in [7, 11) is -3.52. The van der Waals surface area contributed by atoms with Crippen LogP contribution in [0, 0.1) is 0 Å². The molecule has 2 aromatic rings. The smallest absolute Gasteiger partial charge is 0.240 e. The number of sulfonamides is 1. The van der Waals surface area contributed by atoms with Crippen molar-refractivity contribution in [2.45, 2.75) is 42.4 Å². The van der Waals surface area contributed by atoms with Gasteiger partial charge in [-0.05, 0) is 42.2 Å². The Hall–Kier alpha value is -1.85. The van der Waals surface area contributed by atoms with Crippen LogP contribution >= 0.6 is 0 Å². The van der Waals surface area contributed by atoms with Crippen molar-refractivity contribution in [3.63, 3.8) is 0 Å². The fourth-order valence-electron chi connectivity index (χ4n) is 4.06. The van der Waals surface area contributed by atoms with Gasteiger partial charge in [0.25, 0.3) is 0 Å². The van der Waals surface area contributed by atoms with Crippen LogP contribution in [0.2, 0.25) is 0 Å². The summed E-state index contributed by atoms with van der Waals surface area (Å²) in [6, 6.07) is 15.4. The van der Waals surface area contributed by atoms with E-state index in [1.807, 2.05) is 18.2 Å². The van der Waals surface area contributed by atoms with Crippen LogP contribution in [0.4, 0.5) is 0 Å². The molecule has 25 heavy (non-hydrogen) atoms. The third kappa shape index (κ3) is 3.18. The van der Waals surface area contributed by atoms with E-state index < -0.39 is 10.0 Å². The third-order valence-corrected chi connectivity index (χ3v) is 6.92. The Balaban J connectivity index is 1.56. The van der Waals surface area contributed by atoms with E-state index in [9.17, 15) is 8.42 Å². The Morgan fingerprint density at radius 1 is 1.04 bits per heavy atom. The minimum Gasteiger partial charge on any atom is -0.493 e. The molecule has 2 aromatic carbocycles. The van der Waals surface area contributed by atoms with Crippen molar-refractivity contribution in [3.8, 4) is 5.75 Å². The van der Waals surface area contributed by atoms with Gasteiger partial charge in [-0.3, -0.25) is 0 Å². The highest BCUT2D eigenvalue weighted by Crippen LogP contribution is 2.40. The molecule has 1 aliphatic carbocycles. The molecule has 0 bridgehead atoms. The van der Waals surface area contributed by atoms with Crippen molar-refractivity contribution in [2.24, 2.45) is 0 Å². The Kier molecular flexibility index (Phi) is 4.29. The van der Waals surface area contributed by atoms with E-state index in [1.165, 1.54) is 5.56 Å². The van der Waals surface area contributed by atoms with Gasteiger partial charge in [-0.25, -0.2) is 13.1 Å². The van der Waals surface area contributed by atoms with Gasteiger partial charge in [0.05, 0.1) is 11.5 Å². The van der Waals surface area contributed by atoms with Gasteiger partial charge in [0.15, 0.2) is 0 Å². The van der Waals surface area contributed by atoms with Gasteiger partial charge in [0.2, 0.25) is 10.0 Å². The number of benzene rings is 2. The van der Waals surface area contributed by atoms with E-state index >= 15 is 0 Å². The van der Waals surface area contributed by atoms with Crippen molar-refractivity contribution >= 4 is 10.0 Å². The average Bonchev–Trinajstić information content (AvgIpc) is 3.30. The molecule has 1 aliphatic heterocycles. The van der Waals surface area contributed by atoms with Crippen LogP contribution in [0.1, 0.15) is 36.8 Å². The number of rotatable bonds is 5. The SMILES string of the molecule is O=S(=O)(NCC1(c2ccccc2)CCCC1)c1ccc2c(c1)CCO2. The van der Waals surface area contributed by atoms with Crippen LogP contribution in [0.3, 0.4) is 0 Å². The minimum absolute atomic E-state index is 0.0891. The number of hydrogen-bond acceptors (Lipinski definition) is 3.